The summed E-state index contributed by atoms with van der Waals surface area (Å²) in [6.45, 7) is 2.63. The minimum Gasteiger partial charge on any atom is -0.469 e. The van der Waals surface area contributed by atoms with Gasteiger partial charge in [0.05, 0.1) is 12.4 Å². The second-order valence-electron chi connectivity index (χ2n) is 6.45. The summed E-state index contributed by atoms with van der Waals surface area (Å²) in [7, 11) is 1.80. The Kier molecular flexibility index (Phi) is 9.39. The zero-order valence-electron chi connectivity index (χ0n) is 15.1. The lowest BCUT2D eigenvalue weighted by Gasteiger charge is -2.15. The third-order valence-electron chi connectivity index (χ3n) is 4.49. The molecule has 0 atom stereocenters. The topological polar surface area (TPSA) is 58.8 Å². The van der Waals surface area contributed by atoms with Crippen molar-refractivity contribution in [1.29, 1.82) is 0 Å². The molecule has 5 heteroatoms. The van der Waals surface area contributed by atoms with Crippen molar-refractivity contribution in [3.05, 3.63) is 24.2 Å². The fourth-order valence-corrected chi connectivity index (χ4v) is 3.07. The molecule has 136 valence electrons. The van der Waals surface area contributed by atoms with Crippen molar-refractivity contribution in [3.8, 4) is 0 Å². The van der Waals surface area contributed by atoms with E-state index in [9.17, 15) is 0 Å². The molecule has 0 bridgehead atoms. The van der Waals surface area contributed by atoms with Gasteiger partial charge in [-0.05, 0) is 37.8 Å². The van der Waals surface area contributed by atoms with E-state index in [1.807, 2.05) is 12.1 Å². The second kappa shape index (κ2) is 12.0. The summed E-state index contributed by atoms with van der Waals surface area (Å²) in [5.74, 6) is 1.85. The number of aliphatic imine (C=N–C) groups is 1. The van der Waals surface area contributed by atoms with Gasteiger partial charge in [0.15, 0.2) is 5.96 Å². The second-order valence-corrected chi connectivity index (χ2v) is 6.45. The number of ether oxygens (including phenoxy) is 1. The van der Waals surface area contributed by atoms with Crippen LogP contribution in [0.1, 0.15) is 57.1 Å². The van der Waals surface area contributed by atoms with Crippen LogP contribution in [0.15, 0.2) is 27.8 Å². The number of furan rings is 1. The molecule has 1 saturated carbocycles. The third kappa shape index (κ3) is 7.86. The Hall–Kier alpha value is -1.49. The van der Waals surface area contributed by atoms with E-state index in [0.29, 0.717) is 6.10 Å². The predicted molar refractivity (Wildman–Crippen MR) is 98.5 cm³/mol. The van der Waals surface area contributed by atoms with E-state index < -0.39 is 0 Å². The first kappa shape index (κ1) is 18.8. The zero-order valence-corrected chi connectivity index (χ0v) is 15.1. The molecule has 24 heavy (non-hydrogen) atoms. The van der Waals surface area contributed by atoms with E-state index in [1.54, 1.807) is 13.3 Å². The van der Waals surface area contributed by atoms with Gasteiger partial charge in [0, 0.05) is 33.2 Å². The summed E-state index contributed by atoms with van der Waals surface area (Å²) >= 11 is 0. The van der Waals surface area contributed by atoms with Gasteiger partial charge in [0.25, 0.3) is 0 Å². The number of guanidine groups is 1. The fraction of sp³-hybridized carbons (Fsp3) is 0.737. The molecule has 2 rings (SSSR count). The zero-order chi connectivity index (χ0) is 16.9. The average Bonchev–Trinajstić information content (AvgIpc) is 2.98. The van der Waals surface area contributed by atoms with Gasteiger partial charge < -0.3 is 19.8 Å². The van der Waals surface area contributed by atoms with E-state index in [1.165, 1.54) is 38.5 Å². The molecule has 0 aromatic carbocycles. The number of hydrogen-bond donors (Lipinski definition) is 2. The molecule has 0 amide bonds. The fourth-order valence-electron chi connectivity index (χ4n) is 3.07. The highest BCUT2D eigenvalue weighted by molar-refractivity contribution is 5.79. The quantitative estimate of drug-likeness (QED) is 0.314. The molecule has 1 heterocycles. The SMILES string of the molecule is CN=C(NCCCCOC1CCCCCC1)NCCc1ccco1. The van der Waals surface area contributed by atoms with Gasteiger partial charge in [0.2, 0.25) is 0 Å². The van der Waals surface area contributed by atoms with Crippen LogP contribution in [0.25, 0.3) is 0 Å². The Bertz CT molecular complexity index is 437. The maximum atomic E-state index is 6.02. The maximum Gasteiger partial charge on any atom is 0.190 e. The first-order chi connectivity index (χ1) is 11.9. The van der Waals surface area contributed by atoms with Gasteiger partial charge in [-0.25, -0.2) is 0 Å². The van der Waals surface area contributed by atoms with Gasteiger partial charge in [-0.1, -0.05) is 25.7 Å². The molecule has 0 radical (unpaired) electrons. The van der Waals surface area contributed by atoms with Crippen molar-refractivity contribution in [2.75, 3.05) is 26.7 Å². The first-order valence-electron chi connectivity index (χ1n) is 9.47. The Morgan fingerprint density at radius 2 is 1.96 bits per heavy atom. The van der Waals surface area contributed by atoms with Gasteiger partial charge in [-0.3, -0.25) is 4.99 Å². The van der Waals surface area contributed by atoms with Crippen molar-refractivity contribution in [3.63, 3.8) is 0 Å². The highest BCUT2D eigenvalue weighted by Crippen LogP contribution is 2.19. The average molecular weight is 335 g/mol. The molecule has 2 N–H and O–H groups in total. The van der Waals surface area contributed by atoms with Crippen LogP contribution in [0, 0.1) is 0 Å². The Morgan fingerprint density at radius 1 is 1.17 bits per heavy atom. The van der Waals surface area contributed by atoms with Gasteiger partial charge >= 0.3 is 0 Å². The summed E-state index contributed by atoms with van der Waals surface area (Å²) in [4.78, 5) is 4.24. The standard InChI is InChI=1S/C19H33N3O2/c1-20-19(22-14-12-18-11-8-16-24-18)21-13-6-7-15-23-17-9-4-2-3-5-10-17/h8,11,16-17H,2-7,9-10,12-15H2,1H3,(H2,20,21,22). The van der Waals surface area contributed by atoms with Crippen LogP contribution in [0.3, 0.4) is 0 Å². The van der Waals surface area contributed by atoms with E-state index in [4.69, 9.17) is 9.15 Å². The van der Waals surface area contributed by atoms with E-state index in [0.717, 1.165) is 50.7 Å². The molecular weight excluding hydrogens is 302 g/mol. The van der Waals surface area contributed by atoms with Gasteiger partial charge in [0.1, 0.15) is 5.76 Å². The van der Waals surface area contributed by atoms with Crippen molar-refractivity contribution in [2.24, 2.45) is 4.99 Å². The number of nitrogens with one attached hydrogen (secondary N) is 2. The van der Waals surface area contributed by atoms with Crippen LogP contribution in [0.2, 0.25) is 0 Å². The van der Waals surface area contributed by atoms with Crippen molar-refractivity contribution >= 4 is 5.96 Å². The van der Waals surface area contributed by atoms with Crippen LogP contribution in [-0.2, 0) is 11.2 Å². The van der Waals surface area contributed by atoms with Crippen molar-refractivity contribution in [2.45, 2.75) is 63.9 Å². The lowest BCUT2D eigenvalue weighted by Crippen LogP contribution is -2.38. The van der Waals surface area contributed by atoms with Gasteiger partial charge in [-0.15, -0.1) is 0 Å². The summed E-state index contributed by atoms with van der Waals surface area (Å²) in [6.07, 6.45) is 13.2. The molecule has 1 fully saturated rings. The molecular formula is C19H33N3O2. The van der Waals surface area contributed by atoms with E-state index in [-0.39, 0.29) is 0 Å². The highest BCUT2D eigenvalue weighted by atomic mass is 16.5. The summed E-state index contributed by atoms with van der Waals surface area (Å²) in [5, 5.41) is 6.66. The van der Waals surface area contributed by atoms with Crippen LogP contribution >= 0.6 is 0 Å². The van der Waals surface area contributed by atoms with Crippen LogP contribution in [0.5, 0.6) is 0 Å². The molecule has 0 saturated heterocycles. The minimum absolute atomic E-state index is 0.511. The van der Waals surface area contributed by atoms with Crippen LogP contribution in [0.4, 0.5) is 0 Å². The monoisotopic (exact) mass is 335 g/mol. The Balaban J connectivity index is 1.46. The first-order valence-corrected chi connectivity index (χ1v) is 9.47. The smallest absolute Gasteiger partial charge is 0.190 e. The summed E-state index contributed by atoms with van der Waals surface area (Å²) in [5.41, 5.74) is 0. The molecule has 0 unspecified atom stereocenters. The van der Waals surface area contributed by atoms with Crippen LogP contribution < -0.4 is 10.6 Å². The van der Waals surface area contributed by atoms with E-state index in [2.05, 4.69) is 15.6 Å². The van der Waals surface area contributed by atoms with Crippen molar-refractivity contribution < 1.29 is 9.15 Å². The number of hydrogen-bond acceptors (Lipinski definition) is 3. The number of unbranched alkanes of at least 4 members (excludes halogenated alkanes) is 1. The highest BCUT2D eigenvalue weighted by Gasteiger charge is 2.11. The number of nitrogens with zero attached hydrogens (tertiary/aromatic N) is 1. The Labute approximate surface area is 146 Å². The normalized spacial score (nSPS) is 16.8. The summed E-state index contributed by atoms with van der Waals surface area (Å²) in [6, 6.07) is 3.91. The molecule has 1 aromatic rings. The summed E-state index contributed by atoms with van der Waals surface area (Å²) < 4.78 is 11.3. The van der Waals surface area contributed by atoms with Crippen molar-refractivity contribution in [1.82, 2.24) is 10.6 Å². The predicted octanol–water partition coefficient (Wildman–Crippen LogP) is 3.51. The van der Waals surface area contributed by atoms with Gasteiger partial charge in [-0.2, -0.15) is 0 Å². The number of rotatable bonds is 9. The van der Waals surface area contributed by atoms with E-state index >= 15 is 0 Å². The molecule has 0 aliphatic heterocycles. The lowest BCUT2D eigenvalue weighted by molar-refractivity contribution is 0.0411. The van der Waals surface area contributed by atoms with Crippen LogP contribution in [-0.4, -0.2) is 38.8 Å². The largest absolute Gasteiger partial charge is 0.469 e. The molecule has 1 aliphatic rings. The molecule has 0 spiro atoms. The maximum absolute atomic E-state index is 6.02. The molecule has 1 aliphatic carbocycles. The molecule has 1 aromatic heterocycles. The lowest BCUT2D eigenvalue weighted by atomic mass is 10.1. The minimum atomic E-state index is 0.511. The Morgan fingerprint density at radius 3 is 2.67 bits per heavy atom. The molecule has 5 nitrogen and oxygen atoms in total. The third-order valence-corrected chi connectivity index (χ3v) is 4.49.